The fraction of sp³-hybridized carbons (Fsp3) is 0.538. The lowest BCUT2D eigenvalue weighted by Crippen LogP contribution is -2.33. The van der Waals surface area contributed by atoms with E-state index in [2.05, 4.69) is 5.32 Å². The van der Waals surface area contributed by atoms with Gasteiger partial charge in [0.25, 0.3) is 0 Å². The molecule has 1 heterocycles. The summed E-state index contributed by atoms with van der Waals surface area (Å²) in [5.41, 5.74) is 0.922. The lowest BCUT2D eigenvalue weighted by Gasteiger charge is -2.25. The molecule has 1 aromatic rings. The second kappa shape index (κ2) is 6.03. The third kappa shape index (κ3) is 3.57. The smallest absolute Gasteiger partial charge is 0.107 e. The first-order chi connectivity index (χ1) is 8.16. The summed E-state index contributed by atoms with van der Waals surface area (Å²) in [4.78, 5) is 0. The predicted octanol–water partition coefficient (Wildman–Crippen LogP) is 3.87. The molecular formula is C13H16Cl2FN. The van der Waals surface area contributed by atoms with Gasteiger partial charge in [-0.15, -0.1) is 0 Å². The molecule has 1 nitrogen and oxygen atoms in total. The quantitative estimate of drug-likeness (QED) is 0.883. The van der Waals surface area contributed by atoms with Crippen LogP contribution >= 0.6 is 23.2 Å². The molecule has 4 heteroatoms. The van der Waals surface area contributed by atoms with E-state index in [0.717, 1.165) is 31.5 Å². The molecule has 0 aliphatic carbocycles. The first-order valence-electron chi connectivity index (χ1n) is 5.95. The van der Waals surface area contributed by atoms with E-state index in [9.17, 15) is 4.39 Å². The summed E-state index contributed by atoms with van der Waals surface area (Å²) >= 11 is 11.8. The molecule has 2 rings (SSSR count). The number of piperidine rings is 1. The second-order valence-corrected chi connectivity index (χ2v) is 5.37. The Morgan fingerprint density at radius 1 is 1.24 bits per heavy atom. The van der Waals surface area contributed by atoms with Crippen LogP contribution in [-0.4, -0.2) is 19.3 Å². The summed E-state index contributed by atoms with van der Waals surface area (Å²) in [5, 5.41) is 4.27. The lowest BCUT2D eigenvalue weighted by molar-refractivity contribution is 0.187. The van der Waals surface area contributed by atoms with E-state index >= 15 is 0 Å². The highest BCUT2D eigenvalue weighted by Gasteiger charge is 2.23. The minimum absolute atomic E-state index is 0.172. The normalized spacial score (nSPS) is 19.2. The van der Waals surface area contributed by atoms with Crippen molar-refractivity contribution in [3.63, 3.8) is 0 Å². The van der Waals surface area contributed by atoms with Gasteiger partial charge in [-0.2, -0.15) is 0 Å². The monoisotopic (exact) mass is 275 g/mol. The largest absolute Gasteiger partial charge is 0.317 e. The van der Waals surface area contributed by atoms with E-state index in [0.29, 0.717) is 16.5 Å². The number of rotatable bonds is 3. The van der Waals surface area contributed by atoms with Gasteiger partial charge in [0.1, 0.15) is 6.17 Å². The molecule has 1 N–H and O–H groups in total. The average Bonchev–Trinajstić information content (AvgIpc) is 2.35. The fourth-order valence-corrected chi connectivity index (χ4v) is 2.59. The molecular weight excluding hydrogens is 260 g/mol. The van der Waals surface area contributed by atoms with Crippen LogP contribution in [0.4, 0.5) is 4.39 Å². The second-order valence-electron chi connectivity index (χ2n) is 4.56. The molecule has 0 amide bonds. The molecule has 0 saturated carbocycles. The number of benzene rings is 1. The highest BCUT2D eigenvalue weighted by molar-refractivity contribution is 6.42. The topological polar surface area (TPSA) is 12.0 Å². The first-order valence-corrected chi connectivity index (χ1v) is 6.71. The maximum atomic E-state index is 14.1. The van der Waals surface area contributed by atoms with Gasteiger partial charge < -0.3 is 5.32 Å². The van der Waals surface area contributed by atoms with Gasteiger partial charge in [-0.1, -0.05) is 29.3 Å². The fourth-order valence-electron chi connectivity index (χ4n) is 2.26. The molecule has 0 bridgehead atoms. The summed E-state index contributed by atoms with van der Waals surface area (Å²) < 4.78 is 14.1. The summed E-state index contributed by atoms with van der Waals surface area (Å²) in [7, 11) is 0. The Labute approximate surface area is 111 Å². The van der Waals surface area contributed by atoms with Gasteiger partial charge >= 0.3 is 0 Å². The van der Waals surface area contributed by atoms with Crippen molar-refractivity contribution < 1.29 is 4.39 Å². The van der Waals surface area contributed by atoms with E-state index in [4.69, 9.17) is 23.2 Å². The summed E-state index contributed by atoms with van der Waals surface area (Å²) in [6.45, 7) is 1.85. The van der Waals surface area contributed by atoms with Gasteiger partial charge in [-0.05, 0) is 49.5 Å². The number of hydrogen-bond donors (Lipinski definition) is 1. The third-order valence-electron chi connectivity index (χ3n) is 3.31. The Balaban J connectivity index is 1.96. The highest BCUT2D eigenvalue weighted by Crippen LogP contribution is 2.26. The van der Waals surface area contributed by atoms with Crippen molar-refractivity contribution in [3.8, 4) is 0 Å². The molecule has 1 fully saturated rings. The Morgan fingerprint density at radius 2 is 1.94 bits per heavy atom. The molecule has 1 aliphatic rings. The minimum atomic E-state index is -0.783. The average molecular weight is 276 g/mol. The Hall–Kier alpha value is -0.310. The van der Waals surface area contributed by atoms with Crippen LogP contribution in [0.25, 0.3) is 0 Å². The van der Waals surface area contributed by atoms with E-state index < -0.39 is 6.17 Å². The van der Waals surface area contributed by atoms with Gasteiger partial charge in [-0.25, -0.2) is 4.39 Å². The predicted molar refractivity (Wildman–Crippen MR) is 70.7 cm³/mol. The summed E-state index contributed by atoms with van der Waals surface area (Å²) in [5.74, 6) is 0.172. The molecule has 1 saturated heterocycles. The van der Waals surface area contributed by atoms with Gasteiger partial charge in [0.15, 0.2) is 0 Å². The van der Waals surface area contributed by atoms with E-state index in [1.54, 1.807) is 12.1 Å². The minimum Gasteiger partial charge on any atom is -0.317 e. The lowest BCUT2D eigenvalue weighted by atomic mass is 9.89. The Kier molecular flexibility index (Phi) is 4.66. The van der Waals surface area contributed by atoms with Crippen LogP contribution in [-0.2, 0) is 6.42 Å². The number of alkyl halides is 1. The van der Waals surface area contributed by atoms with Crippen LogP contribution in [0.15, 0.2) is 18.2 Å². The van der Waals surface area contributed by atoms with Crippen molar-refractivity contribution in [2.24, 2.45) is 5.92 Å². The molecule has 17 heavy (non-hydrogen) atoms. The molecule has 0 spiro atoms. The highest BCUT2D eigenvalue weighted by atomic mass is 35.5. The summed E-state index contributed by atoms with van der Waals surface area (Å²) in [6, 6.07) is 5.34. The molecule has 1 atom stereocenters. The standard InChI is InChI=1S/C13H16Cl2FN/c14-11-2-1-9(7-12(11)15)8-13(16)10-3-5-17-6-4-10/h1-2,7,10,13,17H,3-6,8H2. The molecule has 1 aromatic carbocycles. The van der Waals surface area contributed by atoms with E-state index in [1.165, 1.54) is 0 Å². The van der Waals surface area contributed by atoms with E-state index in [-0.39, 0.29) is 5.92 Å². The number of nitrogens with one attached hydrogen (secondary N) is 1. The van der Waals surface area contributed by atoms with Crippen LogP contribution in [0.5, 0.6) is 0 Å². The number of halogens is 3. The Morgan fingerprint density at radius 3 is 2.59 bits per heavy atom. The van der Waals surface area contributed by atoms with Gasteiger partial charge in [0, 0.05) is 6.42 Å². The maximum absolute atomic E-state index is 14.1. The Bertz CT molecular complexity index is 378. The van der Waals surface area contributed by atoms with E-state index in [1.807, 2.05) is 6.07 Å². The first kappa shape index (κ1) is 13.1. The van der Waals surface area contributed by atoms with Gasteiger partial charge in [-0.3, -0.25) is 0 Å². The van der Waals surface area contributed by atoms with Crippen LogP contribution in [0, 0.1) is 5.92 Å². The molecule has 94 valence electrons. The van der Waals surface area contributed by atoms with Gasteiger partial charge in [0.2, 0.25) is 0 Å². The van der Waals surface area contributed by atoms with Crippen molar-refractivity contribution in [3.05, 3.63) is 33.8 Å². The zero-order valence-electron chi connectivity index (χ0n) is 9.56. The van der Waals surface area contributed by atoms with Crippen molar-refractivity contribution in [2.75, 3.05) is 13.1 Å². The molecule has 0 aromatic heterocycles. The third-order valence-corrected chi connectivity index (χ3v) is 4.05. The van der Waals surface area contributed by atoms with Crippen LogP contribution in [0.3, 0.4) is 0 Å². The summed E-state index contributed by atoms with van der Waals surface area (Å²) in [6.07, 6.45) is 1.49. The van der Waals surface area contributed by atoms with Crippen molar-refractivity contribution in [2.45, 2.75) is 25.4 Å². The van der Waals surface area contributed by atoms with Crippen molar-refractivity contribution in [1.29, 1.82) is 0 Å². The van der Waals surface area contributed by atoms with Crippen LogP contribution in [0.2, 0.25) is 10.0 Å². The van der Waals surface area contributed by atoms with Crippen LogP contribution < -0.4 is 5.32 Å². The molecule has 1 aliphatic heterocycles. The van der Waals surface area contributed by atoms with Crippen molar-refractivity contribution in [1.82, 2.24) is 5.32 Å². The SMILES string of the molecule is FC(Cc1ccc(Cl)c(Cl)c1)C1CCNCC1. The maximum Gasteiger partial charge on any atom is 0.107 e. The zero-order valence-corrected chi connectivity index (χ0v) is 11.1. The van der Waals surface area contributed by atoms with Crippen molar-refractivity contribution >= 4 is 23.2 Å². The zero-order chi connectivity index (χ0) is 12.3. The van der Waals surface area contributed by atoms with Crippen LogP contribution in [0.1, 0.15) is 18.4 Å². The number of hydrogen-bond acceptors (Lipinski definition) is 1. The van der Waals surface area contributed by atoms with Gasteiger partial charge in [0.05, 0.1) is 10.0 Å². The molecule has 1 unspecified atom stereocenters. The molecule has 0 radical (unpaired) electrons.